The van der Waals surface area contributed by atoms with E-state index in [1.165, 1.54) is 11.1 Å². The van der Waals surface area contributed by atoms with Crippen molar-refractivity contribution < 1.29 is 14.7 Å². The van der Waals surface area contributed by atoms with Crippen LogP contribution in [0.25, 0.3) is 0 Å². The van der Waals surface area contributed by atoms with Gasteiger partial charge in [-0.3, -0.25) is 4.79 Å². The van der Waals surface area contributed by atoms with Crippen LogP contribution in [0.5, 0.6) is 0 Å². The van der Waals surface area contributed by atoms with Crippen molar-refractivity contribution >= 4 is 11.9 Å². The number of amides is 1. The summed E-state index contributed by atoms with van der Waals surface area (Å²) in [6, 6.07) is 16.9. The molecular formula is C22H23NO3. The maximum Gasteiger partial charge on any atom is 0.326 e. The Kier molecular flexibility index (Phi) is 4.27. The molecule has 1 saturated carbocycles. The number of aryl methyl sites for hydroxylation is 1. The molecule has 4 heteroatoms. The fourth-order valence-electron chi connectivity index (χ4n) is 4.50. The van der Waals surface area contributed by atoms with E-state index < -0.39 is 12.0 Å². The smallest absolute Gasteiger partial charge is 0.326 e. The van der Waals surface area contributed by atoms with Gasteiger partial charge in [0, 0.05) is 17.8 Å². The summed E-state index contributed by atoms with van der Waals surface area (Å²) in [7, 11) is 0. The van der Waals surface area contributed by atoms with Crippen molar-refractivity contribution in [3.63, 3.8) is 0 Å². The summed E-state index contributed by atoms with van der Waals surface area (Å²) in [6.45, 7) is 0. The van der Waals surface area contributed by atoms with Crippen LogP contribution in [0.1, 0.15) is 36.0 Å². The monoisotopic (exact) mass is 349 g/mol. The van der Waals surface area contributed by atoms with E-state index in [1.807, 2.05) is 36.4 Å². The molecule has 134 valence electrons. The Hall–Kier alpha value is -2.62. The molecule has 26 heavy (non-hydrogen) atoms. The van der Waals surface area contributed by atoms with Crippen molar-refractivity contribution in [3.05, 3.63) is 71.3 Å². The first-order valence-electron chi connectivity index (χ1n) is 9.26. The third kappa shape index (κ3) is 3.00. The van der Waals surface area contributed by atoms with Gasteiger partial charge < -0.3 is 10.4 Å². The minimum atomic E-state index is -0.985. The highest BCUT2D eigenvalue weighted by atomic mass is 16.4. The van der Waals surface area contributed by atoms with Crippen molar-refractivity contribution in [1.29, 1.82) is 0 Å². The molecule has 4 rings (SSSR count). The Balaban J connectivity index is 1.48. The number of aliphatic carboxylic acids is 1. The molecule has 1 spiro atoms. The van der Waals surface area contributed by atoms with Crippen molar-refractivity contribution in [3.8, 4) is 0 Å². The molecule has 2 aliphatic carbocycles. The van der Waals surface area contributed by atoms with Gasteiger partial charge in [0.1, 0.15) is 6.04 Å². The Bertz CT molecular complexity index is 832. The lowest BCUT2D eigenvalue weighted by atomic mass is 9.78. The van der Waals surface area contributed by atoms with Gasteiger partial charge in [-0.1, -0.05) is 54.6 Å². The quantitative estimate of drug-likeness (QED) is 0.872. The number of carbonyl (C=O) groups excluding carboxylic acids is 1. The number of carboxylic acid groups (broad SMARTS) is 1. The molecule has 0 aromatic heterocycles. The Labute approximate surface area is 153 Å². The zero-order chi connectivity index (χ0) is 18.1. The maximum absolute atomic E-state index is 12.8. The normalized spacial score (nSPS) is 24.5. The molecule has 0 aliphatic heterocycles. The SMILES string of the molecule is O=C(O)C(Cc1ccccc1)NC(=O)C1CC12CCCc1ccccc12. The van der Waals surface area contributed by atoms with Crippen LogP contribution in [0, 0.1) is 5.92 Å². The van der Waals surface area contributed by atoms with Crippen molar-refractivity contribution in [2.75, 3.05) is 0 Å². The highest BCUT2D eigenvalue weighted by Crippen LogP contribution is 2.60. The second-order valence-electron chi connectivity index (χ2n) is 7.51. The molecule has 0 saturated heterocycles. The number of benzene rings is 2. The van der Waals surface area contributed by atoms with Crippen LogP contribution in [0.4, 0.5) is 0 Å². The first-order chi connectivity index (χ1) is 12.6. The summed E-state index contributed by atoms with van der Waals surface area (Å²) < 4.78 is 0. The molecule has 2 aliphatic rings. The van der Waals surface area contributed by atoms with Gasteiger partial charge in [-0.05, 0) is 42.4 Å². The summed E-state index contributed by atoms with van der Waals surface area (Å²) in [5.74, 6) is -1.22. The van der Waals surface area contributed by atoms with E-state index in [1.54, 1.807) is 0 Å². The molecule has 1 fully saturated rings. The summed E-state index contributed by atoms with van der Waals surface area (Å²) >= 11 is 0. The van der Waals surface area contributed by atoms with Crippen LogP contribution in [-0.2, 0) is 27.8 Å². The van der Waals surface area contributed by atoms with E-state index in [2.05, 4.69) is 23.5 Å². The van der Waals surface area contributed by atoms with Gasteiger partial charge in [-0.25, -0.2) is 4.79 Å². The number of fused-ring (bicyclic) bond motifs is 2. The van der Waals surface area contributed by atoms with E-state index in [0.29, 0.717) is 6.42 Å². The Morgan fingerprint density at radius 2 is 1.85 bits per heavy atom. The van der Waals surface area contributed by atoms with Gasteiger partial charge in [0.05, 0.1) is 0 Å². The van der Waals surface area contributed by atoms with E-state index in [9.17, 15) is 14.7 Å². The molecular weight excluding hydrogens is 326 g/mol. The standard InChI is InChI=1S/C22H23NO3/c24-20(23-19(21(25)26)13-15-7-2-1-3-8-15)18-14-22(18)12-6-10-16-9-4-5-11-17(16)22/h1-5,7-9,11,18-19H,6,10,12-14H2,(H,23,24)(H,25,26). The summed E-state index contributed by atoms with van der Waals surface area (Å²) in [5, 5.41) is 12.3. The van der Waals surface area contributed by atoms with Crippen LogP contribution in [0.15, 0.2) is 54.6 Å². The predicted octanol–water partition coefficient (Wildman–Crippen LogP) is 3.09. The fraction of sp³-hybridized carbons (Fsp3) is 0.364. The van der Waals surface area contributed by atoms with Gasteiger partial charge in [0.15, 0.2) is 0 Å². The van der Waals surface area contributed by atoms with Crippen molar-refractivity contribution in [1.82, 2.24) is 5.32 Å². The average molecular weight is 349 g/mol. The maximum atomic E-state index is 12.8. The van der Waals surface area contributed by atoms with Gasteiger partial charge in [-0.2, -0.15) is 0 Å². The lowest BCUT2D eigenvalue weighted by Crippen LogP contribution is -2.44. The Morgan fingerprint density at radius 1 is 1.12 bits per heavy atom. The van der Waals surface area contributed by atoms with Crippen LogP contribution in [0.3, 0.4) is 0 Å². The number of hydrogen-bond acceptors (Lipinski definition) is 2. The largest absolute Gasteiger partial charge is 0.480 e. The summed E-state index contributed by atoms with van der Waals surface area (Å²) in [6.07, 6.45) is 4.30. The molecule has 0 heterocycles. The number of carbonyl (C=O) groups is 2. The first-order valence-corrected chi connectivity index (χ1v) is 9.26. The number of hydrogen-bond donors (Lipinski definition) is 2. The zero-order valence-corrected chi connectivity index (χ0v) is 14.7. The number of nitrogens with one attached hydrogen (secondary N) is 1. The van der Waals surface area contributed by atoms with Crippen LogP contribution >= 0.6 is 0 Å². The summed E-state index contributed by atoms with van der Waals surface area (Å²) in [4.78, 5) is 24.5. The molecule has 0 radical (unpaired) electrons. The third-order valence-electron chi connectivity index (χ3n) is 5.91. The fourth-order valence-corrected chi connectivity index (χ4v) is 4.50. The topological polar surface area (TPSA) is 66.4 Å². The van der Waals surface area contributed by atoms with E-state index in [4.69, 9.17) is 0 Å². The minimum Gasteiger partial charge on any atom is -0.480 e. The zero-order valence-electron chi connectivity index (χ0n) is 14.7. The first kappa shape index (κ1) is 16.8. The number of carboxylic acids is 1. The molecule has 3 unspecified atom stereocenters. The highest BCUT2D eigenvalue weighted by molar-refractivity contribution is 5.89. The van der Waals surface area contributed by atoms with Crippen LogP contribution in [0.2, 0.25) is 0 Å². The molecule has 2 N–H and O–H groups in total. The van der Waals surface area contributed by atoms with Gasteiger partial charge in [0.25, 0.3) is 0 Å². The average Bonchev–Trinajstić information content (AvgIpc) is 3.37. The molecule has 4 nitrogen and oxygen atoms in total. The lowest BCUT2D eigenvalue weighted by Gasteiger charge is -2.26. The Morgan fingerprint density at radius 3 is 2.62 bits per heavy atom. The van der Waals surface area contributed by atoms with Gasteiger partial charge in [0.2, 0.25) is 5.91 Å². The predicted molar refractivity (Wildman–Crippen MR) is 98.9 cm³/mol. The van der Waals surface area contributed by atoms with E-state index >= 15 is 0 Å². The van der Waals surface area contributed by atoms with Gasteiger partial charge >= 0.3 is 5.97 Å². The molecule has 3 atom stereocenters. The van der Waals surface area contributed by atoms with E-state index in [-0.39, 0.29) is 17.2 Å². The van der Waals surface area contributed by atoms with Crippen LogP contribution in [-0.4, -0.2) is 23.0 Å². The van der Waals surface area contributed by atoms with Crippen molar-refractivity contribution in [2.45, 2.75) is 43.6 Å². The summed E-state index contributed by atoms with van der Waals surface area (Å²) in [5.41, 5.74) is 3.47. The second kappa shape index (κ2) is 6.60. The minimum absolute atomic E-state index is 0.0747. The number of rotatable bonds is 5. The van der Waals surface area contributed by atoms with Crippen molar-refractivity contribution in [2.24, 2.45) is 5.92 Å². The second-order valence-corrected chi connectivity index (χ2v) is 7.51. The molecule has 0 bridgehead atoms. The molecule has 2 aromatic rings. The highest BCUT2D eigenvalue weighted by Gasteiger charge is 2.60. The van der Waals surface area contributed by atoms with Gasteiger partial charge in [-0.15, -0.1) is 0 Å². The molecule has 2 aromatic carbocycles. The molecule has 1 amide bonds. The lowest BCUT2D eigenvalue weighted by molar-refractivity contribution is -0.142. The van der Waals surface area contributed by atoms with E-state index in [0.717, 1.165) is 31.2 Å². The van der Waals surface area contributed by atoms with Crippen LogP contribution < -0.4 is 5.32 Å². The third-order valence-corrected chi connectivity index (χ3v) is 5.91.